The van der Waals surface area contributed by atoms with E-state index in [4.69, 9.17) is 4.52 Å². The molecule has 32 heavy (non-hydrogen) atoms. The van der Waals surface area contributed by atoms with Crippen molar-refractivity contribution in [1.29, 1.82) is 0 Å². The van der Waals surface area contributed by atoms with Crippen molar-refractivity contribution < 1.29 is 4.52 Å². The Morgan fingerprint density at radius 3 is 2.53 bits per heavy atom. The fourth-order valence-corrected chi connectivity index (χ4v) is 4.12. The third-order valence-corrected chi connectivity index (χ3v) is 5.93. The first-order chi connectivity index (χ1) is 15.7. The second-order valence-electron chi connectivity index (χ2n) is 7.34. The van der Waals surface area contributed by atoms with Gasteiger partial charge in [-0.25, -0.2) is 0 Å². The van der Waals surface area contributed by atoms with Gasteiger partial charge in [-0.05, 0) is 49.7 Å². The average Bonchev–Trinajstić information content (AvgIpc) is 3.46. The molecular formula is C24H20N6OS. The maximum Gasteiger partial charge on any atom is 0.257 e. The number of benzene rings is 2. The predicted molar refractivity (Wildman–Crippen MR) is 123 cm³/mol. The van der Waals surface area contributed by atoms with Crippen LogP contribution in [-0.4, -0.2) is 29.9 Å². The normalized spacial score (nSPS) is 11.1. The van der Waals surface area contributed by atoms with Gasteiger partial charge in [0.25, 0.3) is 5.89 Å². The van der Waals surface area contributed by atoms with Crippen LogP contribution in [0.2, 0.25) is 0 Å². The number of nitrogens with zero attached hydrogens (tertiary/aromatic N) is 6. The molecule has 0 saturated heterocycles. The average molecular weight is 441 g/mol. The summed E-state index contributed by atoms with van der Waals surface area (Å²) in [6, 6.07) is 20.1. The van der Waals surface area contributed by atoms with E-state index >= 15 is 0 Å². The van der Waals surface area contributed by atoms with E-state index in [1.165, 1.54) is 17.3 Å². The largest absolute Gasteiger partial charge is 0.334 e. The van der Waals surface area contributed by atoms with E-state index in [1.54, 1.807) is 12.4 Å². The van der Waals surface area contributed by atoms with Crippen molar-refractivity contribution in [1.82, 2.24) is 29.9 Å². The Morgan fingerprint density at radius 2 is 1.75 bits per heavy atom. The smallest absolute Gasteiger partial charge is 0.257 e. The van der Waals surface area contributed by atoms with E-state index < -0.39 is 0 Å². The zero-order chi connectivity index (χ0) is 21.9. The fourth-order valence-electron chi connectivity index (χ4n) is 3.33. The number of rotatable bonds is 6. The van der Waals surface area contributed by atoms with Crippen molar-refractivity contribution in [2.45, 2.75) is 24.8 Å². The van der Waals surface area contributed by atoms with E-state index in [0.717, 1.165) is 33.4 Å². The van der Waals surface area contributed by atoms with Crippen LogP contribution in [0.15, 0.2) is 82.7 Å². The lowest BCUT2D eigenvalue weighted by Crippen LogP contribution is -2.02. The van der Waals surface area contributed by atoms with Gasteiger partial charge in [-0.1, -0.05) is 52.8 Å². The summed E-state index contributed by atoms with van der Waals surface area (Å²) in [4.78, 5) is 8.78. The zero-order valence-electron chi connectivity index (χ0n) is 17.6. The molecule has 5 rings (SSSR count). The summed E-state index contributed by atoms with van der Waals surface area (Å²) in [6.45, 7) is 4.12. The lowest BCUT2D eigenvalue weighted by atomic mass is 10.1. The maximum absolute atomic E-state index is 5.46. The molecule has 0 bridgehead atoms. The molecule has 0 aliphatic rings. The quantitative estimate of drug-likeness (QED) is 0.332. The SMILES string of the molecule is Cc1ccc(-c2nc(CSc3nnc(-c4cccnc4)n3-c3ccccc3C)no2)cc1. The Bertz CT molecular complexity index is 1340. The summed E-state index contributed by atoms with van der Waals surface area (Å²) in [5.74, 6) is 2.36. The highest BCUT2D eigenvalue weighted by atomic mass is 32.2. The van der Waals surface area contributed by atoms with Gasteiger partial charge in [-0.15, -0.1) is 10.2 Å². The van der Waals surface area contributed by atoms with Gasteiger partial charge in [0.15, 0.2) is 16.8 Å². The maximum atomic E-state index is 5.46. The molecule has 0 aliphatic heterocycles. The van der Waals surface area contributed by atoms with Crippen LogP contribution in [0.1, 0.15) is 17.0 Å². The third-order valence-electron chi connectivity index (χ3n) is 5.01. The number of pyridine rings is 1. The van der Waals surface area contributed by atoms with Crippen LogP contribution < -0.4 is 0 Å². The Labute approximate surface area is 189 Å². The standard InChI is InChI=1S/C24H20N6OS/c1-16-9-11-18(12-10-16)23-26-21(29-31-23)15-32-24-28-27-22(19-7-5-13-25-14-19)30(24)20-8-4-3-6-17(20)2/h3-14H,15H2,1-2H3. The van der Waals surface area contributed by atoms with E-state index in [9.17, 15) is 0 Å². The van der Waals surface area contributed by atoms with E-state index in [-0.39, 0.29) is 0 Å². The molecule has 0 fully saturated rings. The molecule has 2 aromatic carbocycles. The van der Waals surface area contributed by atoms with Crippen molar-refractivity contribution in [2.24, 2.45) is 0 Å². The minimum atomic E-state index is 0.506. The van der Waals surface area contributed by atoms with Gasteiger partial charge in [0.1, 0.15) is 0 Å². The molecule has 0 amide bonds. The van der Waals surface area contributed by atoms with Crippen LogP contribution in [0.5, 0.6) is 0 Å². The number of aromatic nitrogens is 6. The van der Waals surface area contributed by atoms with Crippen LogP contribution in [0.3, 0.4) is 0 Å². The highest BCUT2D eigenvalue weighted by Gasteiger charge is 2.19. The molecule has 0 radical (unpaired) electrons. The number of aryl methyl sites for hydroxylation is 2. The van der Waals surface area contributed by atoms with Gasteiger partial charge in [-0.3, -0.25) is 9.55 Å². The molecule has 0 aliphatic carbocycles. The minimum absolute atomic E-state index is 0.506. The van der Waals surface area contributed by atoms with Crippen LogP contribution in [0, 0.1) is 13.8 Å². The molecule has 0 atom stereocenters. The number of para-hydroxylation sites is 1. The van der Waals surface area contributed by atoms with Crippen molar-refractivity contribution in [3.05, 3.63) is 90.0 Å². The first kappa shape index (κ1) is 20.1. The monoisotopic (exact) mass is 440 g/mol. The Hall–Kier alpha value is -3.78. The molecule has 0 N–H and O–H groups in total. The van der Waals surface area contributed by atoms with Gasteiger partial charge in [0.05, 0.1) is 11.4 Å². The molecule has 0 spiro atoms. The van der Waals surface area contributed by atoms with E-state index in [1.807, 2.05) is 55.5 Å². The summed E-state index contributed by atoms with van der Waals surface area (Å²) >= 11 is 1.51. The first-order valence-corrected chi connectivity index (χ1v) is 11.1. The Balaban J connectivity index is 1.45. The van der Waals surface area contributed by atoms with Gasteiger partial charge in [0.2, 0.25) is 0 Å². The first-order valence-electron chi connectivity index (χ1n) is 10.1. The summed E-state index contributed by atoms with van der Waals surface area (Å²) in [6.07, 6.45) is 3.54. The lowest BCUT2D eigenvalue weighted by molar-refractivity contribution is 0.425. The number of thioether (sulfide) groups is 1. The topological polar surface area (TPSA) is 82.5 Å². The molecule has 5 aromatic rings. The molecule has 3 aromatic heterocycles. The molecule has 3 heterocycles. The van der Waals surface area contributed by atoms with Crippen LogP contribution in [-0.2, 0) is 5.75 Å². The fraction of sp³-hybridized carbons (Fsp3) is 0.125. The predicted octanol–water partition coefficient (Wildman–Crippen LogP) is 5.29. The molecule has 158 valence electrons. The number of hydrogen-bond acceptors (Lipinski definition) is 7. The molecule has 0 unspecified atom stereocenters. The second-order valence-corrected chi connectivity index (χ2v) is 8.28. The van der Waals surface area contributed by atoms with Crippen LogP contribution >= 0.6 is 11.8 Å². The van der Waals surface area contributed by atoms with E-state index in [0.29, 0.717) is 17.5 Å². The van der Waals surface area contributed by atoms with E-state index in [2.05, 4.69) is 48.9 Å². The van der Waals surface area contributed by atoms with Crippen molar-refractivity contribution in [3.8, 4) is 28.5 Å². The van der Waals surface area contributed by atoms with Gasteiger partial charge >= 0.3 is 0 Å². The van der Waals surface area contributed by atoms with Crippen molar-refractivity contribution in [2.75, 3.05) is 0 Å². The highest BCUT2D eigenvalue weighted by Crippen LogP contribution is 2.30. The summed E-state index contributed by atoms with van der Waals surface area (Å²) < 4.78 is 7.52. The van der Waals surface area contributed by atoms with Crippen LogP contribution in [0.4, 0.5) is 0 Å². The van der Waals surface area contributed by atoms with Crippen LogP contribution in [0.25, 0.3) is 28.5 Å². The molecular weight excluding hydrogens is 420 g/mol. The molecule has 8 heteroatoms. The summed E-state index contributed by atoms with van der Waals surface area (Å²) in [5, 5.41) is 13.8. The highest BCUT2D eigenvalue weighted by molar-refractivity contribution is 7.98. The second kappa shape index (κ2) is 8.76. The van der Waals surface area contributed by atoms with Gasteiger partial charge in [0, 0.05) is 23.5 Å². The van der Waals surface area contributed by atoms with Gasteiger partial charge < -0.3 is 4.52 Å². The summed E-state index contributed by atoms with van der Waals surface area (Å²) in [5.41, 5.74) is 5.13. The third kappa shape index (κ3) is 4.04. The van der Waals surface area contributed by atoms with Gasteiger partial charge in [-0.2, -0.15) is 4.98 Å². The number of hydrogen-bond donors (Lipinski definition) is 0. The molecule has 7 nitrogen and oxygen atoms in total. The summed E-state index contributed by atoms with van der Waals surface area (Å²) in [7, 11) is 0. The zero-order valence-corrected chi connectivity index (χ0v) is 18.5. The Morgan fingerprint density at radius 1 is 0.906 bits per heavy atom. The Kier molecular flexibility index (Phi) is 5.51. The minimum Gasteiger partial charge on any atom is -0.334 e. The van der Waals surface area contributed by atoms with Crippen molar-refractivity contribution in [3.63, 3.8) is 0 Å². The van der Waals surface area contributed by atoms with Crippen molar-refractivity contribution >= 4 is 11.8 Å². The lowest BCUT2D eigenvalue weighted by Gasteiger charge is -2.12. The molecule has 0 saturated carbocycles.